The standard InChI is InChI=1S/C20H15F3N6O/c1-11-9-15(13-5-3-4-6-14(13)20(21,22)23)28-29-17(12(2)26-18(11)29)19(30)27-16-7-8-24-10-25-16/h3-10H,1-2H3,(H,24,25,27,30). The Kier molecular flexibility index (Phi) is 4.69. The second-order valence-corrected chi connectivity index (χ2v) is 6.59. The summed E-state index contributed by atoms with van der Waals surface area (Å²) in [5.41, 5.74) is 0.663. The van der Waals surface area contributed by atoms with Crippen LogP contribution in [0.3, 0.4) is 0 Å². The van der Waals surface area contributed by atoms with E-state index in [4.69, 9.17) is 0 Å². The molecule has 1 aromatic carbocycles. The van der Waals surface area contributed by atoms with Crippen LogP contribution < -0.4 is 5.32 Å². The van der Waals surface area contributed by atoms with Crippen LogP contribution in [0.1, 0.15) is 27.3 Å². The van der Waals surface area contributed by atoms with E-state index in [0.717, 1.165) is 6.07 Å². The maximum atomic E-state index is 13.5. The van der Waals surface area contributed by atoms with Gasteiger partial charge in [0.2, 0.25) is 0 Å². The van der Waals surface area contributed by atoms with Crippen molar-refractivity contribution in [3.63, 3.8) is 0 Å². The molecule has 3 heterocycles. The van der Waals surface area contributed by atoms with Gasteiger partial charge in [0.1, 0.15) is 12.1 Å². The SMILES string of the molecule is Cc1nc2c(C)cc(-c3ccccc3C(F)(F)F)nn2c1C(=O)Nc1ccncn1. The minimum absolute atomic E-state index is 0.0801. The molecule has 1 N–H and O–H groups in total. The highest BCUT2D eigenvalue weighted by Crippen LogP contribution is 2.36. The lowest BCUT2D eigenvalue weighted by Gasteiger charge is -2.13. The summed E-state index contributed by atoms with van der Waals surface area (Å²) in [4.78, 5) is 24.9. The molecule has 0 bridgehead atoms. The zero-order valence-electron chi connectivity index (χ0n) is 15.9. The van der Waals surface area contributed by atoms with Crippen molar-refractivity contribution in [1.82, 2.24) is 24.6 Å². The highest BCUT2D eigenvalue weighted by Gasteiger charge is 2.34. The summed E-state index contributed by atoms with van der Waals surface area (Å²) in [5, 5.41) is 6.95. The molecule has 0 atom stereocenters. The molecule has 30 heavy (non-hydrogen) atoms. The number of carbonyl (C=O) groups excluding carboxylic acids is 1. The maximum Gasteiger partial charge on any atom is 0.417 e. The monoisotopic (exact) mass is 412 g/mol. The molecule has 0 unspecified atom stereocenters. The van der Waals surface area contributed by atoms with Crippen molar-refractivity contribution < 1.29 is 18.0 Å². The summed E-state index contributed by atoms with van der Waals surface area (Å²) >= 11 is 0. The number of aromatic nitrogens is 5. The summed E-state index contributed by atoms with van der Waals surface area (Å²) < 4.78 is 41.7. The van der Waals surface area contributed by atoms with Crippen LogP contribution in [-0.4, -0.2) is 30.5 Å². The summed E-state index contributed by atoms with van der Waals surface area (Å²) in [7, 11) is 0. The average molecular weight is 412 g/mol. The number of halogens is 3. The number of imidazole rings is 1. The molecule has 7 nitrogen and oxygen atoms in total. The van der Waals surface area contributed by atoms with Crippen molar-refractivity contribution in [2.45, 2.75) is 20.0 Å². The minimum Gasteiger partial charge on any atom is -0.305 e. The van der Waals surface area contributed by atoms with Crippen molar-refractivity contribution in [3.05, 3.63) is 71.4 Å². The summed E-state index contributed by atoms with van der Waals surface area (Å²) in [5.74, 6) is -0.258. The van der Waals surface area contributed by atoms with Crippen molar-refractivity contribution in [1.29, 1.82) is 0 Å². The Morgan fingerprint density at radius 1 is 1.13 bits per heavy atom. The number of rotatable bonds is 3. The minimum atomic E-state index is -4.54. The fourth-order valence-electron chi connectivity index (χ4n) is 3.16. The van der Waals surface area contributed by atoms with E-state index in [1.54, 1.807) is 13.8 Å². The van der Waals surface area contributed by atoms with Crippen molar-refractivity contribution in [2.75, 3.05) is 5.32 Å². The number of fused-ring (bicyclic) bond motifs is 1. The third kappa shape index (κ3) is 3.47. The molecule has 0 fully saturated rings. The molecule has 4 rings (SSSR count). The van der Waals surface area contributed by atoms with E-state index in [2.05, 4.69) is 25.4 Å². The third-order valence-electron chi connectivity index (χ3n) is 4.49. The molecule has 10 heteroatoms. The number of hydrogen-bond donors (Lipinski definition) is 1. The van der Waals surface area contributed by atoms with E-state index in [1.807, 2.05) is 0 Å². The largest absolute Gasteiger partial charge is 0.417 e. The van der Waals surface area contributed by atoms with Crippen LogP contribution in [0, 0.1) is 13.8 Å². The maximum absolute atomic E-state index is 13.5. The van der Waals surface area contributed by atoms with Gasteiger partial charge in [0.15, 0.2) is 11.3 Å². The van der Waals surface area contributed by atoms with Crippen molar-refractivity contribution in [3.8, 4) is 11.3 Å². The number of amides is 1. The number of aryl methyl sites for hydroxylation is 2. The van der Waals surface area contributed by atoms with Gasteiger partial charge in [-0.05, 0) is 37.6 Å². The van der Waals surface area contributed by atoms with Gasteiger partial charge in [-0.2, -0.15) is 18.3 Å². The molecule has 0 saturated carbocycles. The number of nitrogens with one attached hydrogen (secondary N) is 1. The predicted molar refractivity (Wildman–Crippen MR) is 103 cm³/mol. The van der Waals surface area contributed by atoms with E-state index in [9.17, 15) is 18.0 Å². The quantitative estimate of drug-likeness (QED) is 0.548. The number of alkyl halides is 3. The zero-order chi connectivity index (χ0) is 21.5. The molecule has 3 aromatic heterocycles. The van der Waals surface area contributed by atoms with Crippen molar-refractivity contribution in [2.24, 2.45) is 0 Å². The number of hydrogen-bond acceptors (Lipinski definition) is 5. The van der Waals surface area contributed by atoms with Gasteiger partial charge >= 0.3 is 6.18 Å². The summed E-state index contributed by atoms with van der Waals surface area (Å²) in [6, 6.07) is 8.21. The number of benzene rings is 1. The van der Waals surface area contributed by atoms with Crippen LogP contribution in [0.5, 0.6) is 0 Å². The molecule has 0 aliphatic rings. The normalized spacial score (nSPS) is 11.6. The molecule has 0 radical (unpaired) electrons. The molecule has 1 amide bonds. The number of nitrogens with zero attached hydrogens (tertiary/aromatic N) is 5. The lowest BCUT2D eigenvalue weighted by molar-refractivity contribution is -0.137. The van der Waals surface area contributed by atoms with Gasteiger partial charge < -0.3 is 5.32 Å². The molecule has 0 aliphatic carbocycles. The Morgan fingerprint density at radius 3 is 2.60 bits per heavy atom. The first-order valence-corrected chi connectivity index (χ1v) is 8.86. The third-order valence-corrected chi connectivity index (χ3v) is 4.49. The van der Waals surface area contributed by atoms with Gasteiger partial charge in [0.25, 0.3) is 5.91 Å². The Bertz CT molecular complexity index is 1250. The Balaban J connectivity index is 1.87. The molecular formula is C20H15F3N6O. The highest BCUT2D eigenvalue weighted by atomic mass is 19.4. The average Bonchev–Trinajstić information content (AvgIpc) is 3.04. The fourth-order valence-corrected chi connectivity index (χ4v) is 3.16. The van der Waals surface area contributed by atoms with E-state index in [0.29, 0.717) is 16.9 Å². The van der Waals surface area contributed by atoms with Gasteiger partial charge in [0.05, 0.1) is 17.0 Å². The first-order valence-electron chi connectivity index (χ1n) is 8.86. The Hall–Kier alpha value is -3.82. The zero-order valence-corrected chi connectivity index (χ0v) is 15.9. The van der Waals surface area contributed by atoms with Crippen LogP contribution in [0.2, 0.25) is 0 Å². The van der Waals surface area contributed by atoms with Crippen LogP contribution in [0.25, 0.3) is 16.9 Å². The molecule has 0 spiro atoms. The molecule has 152 valence electrons. The van der Waals surface area contributed by atoms with E-state index in [-0.39, 0.29) is 22.8 Å². The van der Waals surface area contributed by atoms with Crippen LogP contribution in [-0.2, 0) is 6.18 Å². The summed E-state index contributed by atoms with van der Waals surface area (Å²) in [6.45, 7) is 3.33. The molecule has 0 saturated heterocycles. The van der Waals surface area contributed by atoms with Gasteiger partial charge in [-0.1, -0.05) is 18.2 Å². The van der Waals surface area contributed by atoms with E-state index < -0.39 is 17.6 Å². The van der Waals surface area contributed by atoms with Crippen LogP contribution >= 0.6 is 0 Å². The van der Waals surface area contributed by atoms with Crippen molar-refractivity contribution >= 4 is 17.4 Å². The lowest BCUT2D eigenvalue weighted by Crippen LogP contribution is -2.18. The highest BCUT2D eigenvalue weighted by molar-refractivity contribution is 6.03. The van der Waals surface area contributed by atoms with E-state index >= 15 is 0 Å². The second-order valence-electron chi connectivity index (χ2n) is 6.59. The number of carbonyl (C=O) groups is 1. The first-order chi connectivity index (χ1) is 14.3. The lowest BCUT2D eigenvalue weighted by atomic mass is 10.0. The van der Waals surface area contributed by atoms with Gasteiger partial charge in [0, 0.05) is 11.8 Å². The molecule has 4 aromatic rings. The topological polar surface area (TPSA) is 85.1 Å². The van der Waals surface area contributed by atoms with Gasteiger partial charge in [-0.15, -0.1) is 0 Å². The van der Waals surface area contributed by atoms with Crippen LogP contribution in [0.15, 0.2) is 48.9 Å². The Morgan fingerprint density at radius 2 is 1.90 bits per heavy atom. The summed E-state index contributed by atoms with van der Waals surface area (Å²) in [6.07, 6.45) is -1.79. The first kappa shape index (κ1) is 19.5. The second kappa shape index (κ2) is 7.21. The molecule has 0 aliphatic heterocycles. The predicted octanol–water partition coefficient (Wildman–Crippen LogP) is 4.07. The van der Waals surface area contributed by atoms with Crippen LogP contribution in [0.4, 0.5) is 19.0 Å². The smallest absolute Gasteiger partial charge is 0.305 e. The van der Waals surface area contributed by atoms with Gasteiger partial charge in [-0.3, -0.25) is 4.79 Å². The molecular weight excluding hydrogens is 397 g/mol. The van der Waals surface area contributed by atoms with E-state index in [1.165, 1.54) is 47.4 Å². The Labute approximate surface area is 168 Å². The number of anilines is 1. The van der Waals surface area contributed by atoms with Gasteiger partial charge in [-0.25, -0.2) is 19.5 Å². The fraction of sp³-hybridized carbons (Fsp3) is 0.150.